The third-order valence-corrected chi connectivity index (χ3v) is 4.50. The summed E-state index contributed by atoms with van der Waals surface area (Å²) in [5.74, 6) is 1.17. The van der Waals surface area contributed by atoms with Crippen LogP contribution in [0.25, 0.3) is 0 Å². The highest BCUT2D eigenvalue weighted by molar-refractivity contribution is 14.0. The summed E-state index contributed by atoms with van der Waals surface area (Å²) in [7, 11) is 1.71. The van der Waals surface area contributed by atoms with Gasteiger partial charge in [-0.1, -0.05) is 19.1 Å². The van der Waals surface area contributed by atoms with Gasteiger partial charge in [0.25, 0.3) is 0 Å². The zero-order chi connectivity index (χ0) is 19.7. The summed E-state index contributed by atoms with van der Waals surface area (Å²) in [6.07, 6.45) is -3.66. The van der Waals surface area contributed by atoms with Crippen LogP contribution in [-0.4, -0.2) is 63.8 Å². The van der Waals surface area contributed by atoms with E-state index in [9.17, 15) is 13.2 Å². The van der Waals surface area contributed by atoms with E-state index >= 15 is 0 Å². The van der Waals surface area contributed by atoms with Crippen molar-refractivity contribution in [1.29, 1.82) is 0 Å². The second-order valence-corrected chi connectivity index (χ2v) is 6.84. The Hall–Kier alpha value is -1.07. The summed E-state index contributed by atoms with van der Waals surface area (Å²) in [5.41, 5.74) is 0.234. The highest BCUT2D eigenvalue weighted by Crippen LogP contribution is 2.29. The van der Waals surface area contributed by atoms with Crippen LogP contribution in [0.3, 0.4) is 0 Å². The first-order valence-electron chi connectivity index (χ1n) is 9.29. The van der Waals surface area contributed by atoms with Gasteiger partial charge >= 0.3 is 6.18 Å². The van der Waals surface area contributed by atoms with Crippen LogP contribution in [0.15, 0.2) is 29.3 Å². The molecule has 1 aromatic rings. The Balaban J connectivity index is 0.00000392. The van der Waals surface area contributed by atoms with Gasteiger partial charge in [-0.25, -0.2) is 0 Å². The number of benzene rings is 1. The Morgan fingerprint density at radius 2 is 1.82 bits per heavy atom. The lowest BCUT2D eigenvalue weighted by atomic mass is 10.1. The third-order valence-electron chi connectivity index (χ3n) is 4.50. The fourth-order valence-corrected chi connectivity index (χ4v) is 2.97. The molecule has 1 unspecified atom stereocenters. The van der Waals surface area contributed by atoms with E-state index in [4.69, 9.17) is 4.74 Å². The quantitative estimate of drug-likeness (QED) is 0.334. The van der Waals surface area contributed by atoms with Gasteiger partial charge in [0.2, 0.25) is 0 Å². The number of morpholine rings is 1. The molecular weight excluding hydrogens is 484 g/mol. The van der Waals surface area contributed by atoms with Crippen LogP contribution < -0.4 is 10.6 Å². The Bertz CT molecular complexity index is 590. The topological polar surface area (TPSA) is 48.9 Å². The van der Waals surface area contributed by atoms with Crippen LogP contribution in [0.1, 0.15) is 18.1 Å². The molecule has 160 valence electrons. The van der Waals surface area contributed by atoms with Crippen LogP contribution >= 0.6 is 24.0 Å². The number of nitrogens with zero attached hydrogens (tertiary/aromatic N) is 2. The molecule has 1 fully saturated rings. The number of ether oxygens (including phenoxy) is 1. The van der Waals surface area contributed by atoms with Crippen LogP contribution in [0.4, 0.5) is 13.2 Å². The average molecular weight is 514 g/mol. The van der Waals surface area contributed by atoms with E-state index in [1.54, 1.807) is 7.05 Å². The first-order valence-corrected chi connectivity index (χ1v) is 9.29. The molecular formula is C19H30F3IN4O. The molecule has 0 aromatic heterocycles. The van der Waals surface area contributed by atoms with Crippen molar-refractivity contribution in [1.82, 2.24) is 15.5 Å². The fraction of sp³-hybridized carbons (Fsp3) is 0.632. The summed E-state index contributed by atoms with van der Waals surface area (Å²) in [4.78, 5) is 6.60. The van der Waals surface area contributed by atoms with Crippen molar-refractivity contribution in [2.75, 3.05) is 53.0 Å². The minimum Gasteiger partial charge on any atom is -0.379 e. The molecule has 1 saturated heterocycles. The van der Waals surface area contributed by atoms with Crippen LogP contribution in [0.2, 0.25) is 0 Å². The molecule has 9 heteroatoms. The maximum absolute atomic E-state index is 12.6. The van der Waals surface area contributed by atoms with E-state index in [1.165, 1.54) is 12.1 Å². The summed E-state index contributed by atoms with van der Waals surface area (Å²) in [6.45, 7) is 8.16. The second kappa shape index (κ2) is 12.5. The molecule has 0 aliphatic carbocycles. The van der Waals surface area contributed by atoms with Gasteiger partial charge in [-0.05, 0) is 30.0 Å². The normalized spacial score (nSPS) is 17.0. The standard InChI is InChI=1S/C19H29F3N4O.HI/c1-15(14-26-9-11-27-12-10-26)13-25-18(23-2)24-8-7-16-3-5-17(6-4-16)19(20,21)22;/h3-6,15H,7-14H2,1-2H3,(H2,23,24,25);1H. The molecule has 0 saturated carbocycles. The molecule has 1 aliphatic heterocycles. The number of alkyl halides is 3. The smallest absolute Gasteiger partial charge is 0.379 e. The van der Waals surface area contributed by atoms with Gasteiger partial charge in [-0.2, -0.15) is 13.2 Å². The molecule has 0 radical (unpaired) electrons. The molecule has 2 N–H and O–H groups in total. The van der Waals surface area contributed by atoms with Crippen molar-refractivity contribution in [2.45, 2.75) is 19.5 Å². The maximum Gasteiger partial charge on any atom is 0.416 e. The van der Waals surface area contributed by atoms with Crippen LogP contribution in [0, 0.1) is 5.92 Å². The summed E-state index contributed by atoms with van der Waals surface area (Å²) in [6, 6.07) is 5.28. The van der Waals surface area contributed by atoms with Crippen molar-refractivity contribution in [3.63, 3.8) is 0 Å². The molecule has 1 atom stereocenters. The van der Waals surface area contributed by atoms with E-state index in [1.807, 2.05) is 0 Å². The van der Waals surface area contributed by atoms with Gasteiger partial charge < -0.3 is 15.4 Å². The summed E-state index contributed by atoms with van der Waals surface area (Å²) < 4.78 is 43.1. The Morgan fingerprint density at radius 3 is 2.39 bits per heavy atom. The number of nitrogens with one attached hydrogen (secondary N) is 2. The van der Waals surface area contributed by atoms with E-state index < -0.39 is 11.7 Å². The zero-order valence-corrected chi connectivity index (χ0v) is 18.7. The van der Waals surface area contributed by atoms with Gasteiger partial charge in [0, 0.05) is 39.8 Å². The maximum atomic E-state index is 12.6. The summed E-state index contributed by atoms with van der Waals surface area (Å²) >= 11 is 0. The van der Waals surface area contributed by atoms with Crippen molar-refractivity contribution < 1.29 is 17.9 Å². The van der Waals surface area contributed by atoms with Gasteiger partial charge in [0.1, 0.15) is 0 Å². The average Bonchev–Trinajstić information content (AvgIpc) is 2.65. The molecule has 1 heterocycles. The molecule has 1 aliphatic rings. The van der Waals surface area contributed by atoms with Crippen molar-refractivity contribution >= 4 is 29.9 Å². The Morgan fingerprint density at radius 1 is 1.18 bits per heavy atom. The highest BCUT2D eigenvalue weighted by atomic mass is 127. The van der Waals surface area contributed by atoms with Crippen molar-refractivity contribution in [3.8, 4) is 0 Å². The van der Waals surface area contributed by atoms with E-state index in [0.717, 1.165) is 57.1 Å². The molecule has 2 rings (SSSR count). The molecule has 0 spiro atoms. The van der Waals surface area contributed by atoms with Crippen molar-refractivity contribution in [3.05, 3.63) is 35.4 Å². The fourth-order valence-electron chi connectivity index (χ4n) is 2.97. The van der Waals surface area contributed by atoms with E-state index in [2.05, 4.69) is 27.4 Å². The van der Waals surface area contributed by atoms with Gasteiger partial charge in [0.15, 0.2) is 5.96 Å². The monoisotopic (exact) mass is 514 g/mol. The second-order valence-electron chi connectivity index (χ2n) is 6.84. The number of rotatable bonds is 7. The lowest BCUT2D eigenvalue weighted by molar-refractivity contribution is -0.137. The lowest BCUT2D eigenvalue weighted by Crippen LogP contribution is -2.44. The Kier molecular flexibility index (Phi) is 11.1. The number of hydrogen-bond acceptors (Lipinski definition) is 3. The predicted molar refractivity (Wildman–Crippen MR) is 116 cm³/mol. The first kappa shape index (κ1) is 25.0. The van der Waals surface area contributed by atoms with Crippen molar-refractivity contribution in [2.24, 2.45) is 10.9 Å². The zero-order valence-electron chi connectivity index (χ0n) is 16.4. The number of guanidine groups is 1. The molecule has 28 heavy (non-hydrogen) atoms. The minimum absolute atomic E-state index is 0. The predicted octanol–water partition coefficient (Wildman–Crippen LogP) is 3.00. The molecule has 1 aromatic carbocycles. The molecule has 0 bridgehead atoms. The minimum atomic E-state index is -4.29. The third kappa shape index (κ3) is 8.95. The lowest BCUT2D eigenvalue weighted by Gasteiger charge is -2.29. The van der Waals surface area contributed by atoms with E-state index in [0.29, 0.717) is 24.8 Å². The number of halogens is 4. The van der Waals surface area contributed by atoms with Gasteiger partial charge in [-0.3, -0.25) is 9.89 Å². The van der Waals surface area contributed by atoms with Crippen LogP contribution in [-0.2, 0) is 17.3 Å². The number of aliphatic imine (C=N–C) groups is 1. The molecule has 5 nitrogen and oxygen atoms in total. The first-order chi connectivity index (χ1) is 12.9. The van der Waals surface area contributed by atoms with Gasteiger partial charge in [-0.15, -0.1) is 24.0 Å². The number of hydrogen-bond donors (Lipinski definition) is 2. The van der Waals surface area contributed by atoms with Gasteiger partial charge in [0.05, 0.1) is 18.8 Å². The molecule has 0 amide bonds. The van der Waals surface area contributed by atoms with Crippen LogP contribution in [0.5, 0.6) is 0 Å². The van der Waals surface area contributed by atoms with E-state index in [-0.39, 0.29) is 24.0 Å². The summed E-state index contributed by atoms with van der Waals surface area (Å²) in [5, 5.41) is 6.51. The SMILES string of the molecule is CN=C(NCCc1ccc(C(F)(F)F)cc1)NCC(C)CN1CCOCC1.I. The Labute approximate surface area is 182 Å². The highest BCUT2D eigenvalue weighted by Gasteiger charge is 2.29. The largest absolute Gasteiger partial charge is 0.416 e.